The first kappa shape index (κ1) is 27.1. The molecule has 178 valence electrons. The summed E-state index contributed by atoms with van der Waals surface area (Å²) in [6, 6.07) is 6.52. The van der Waals surface area contributed by atoms with E-state index in [1.165, 1.54) is 13.8 Å². The molecule has 0 spiro atoms. The van der Waals surface area contributed by atoms with E-state index in [1.54, 1.807) is 24.3 Å². The first-order chi connectivity index (χ1) is 15.1. The zero-order valence-electron chi connectivity index (χ0n) is 19.3. The summed E-state index contributed by atoms with van der Waals surface area (Å²) in [4.78, 5) is 48.1. The normalized spacial score (nSPS) is 13.7. The van der Waals surface area contributed by atoms with Gasteiger partial charge in [-0.05, 0) is 50.7 Å². The number of para-hydroxylation sites is 1. The molecule has 0 aliphatic heterocycles. The predicted molar refractivity (Wildman–Crippen MR) is 123 cm³/mol. The van der Waals surface area contributed by atoms with Gasteiger partial charge in [-0.1, -0.05) is 32.0 Å². The number of carbonyl (C=O) groups is 4. The quantitative estimate of drug-likeness (QED) is 0.276. The van der Waals surface area contributed by atoms with Gasteiger partial charge >= 0.3 is 5.97 Å². The first-order valence-corrected chi connectivity index (χ1v) is 11.0. The van der Waals surface area contributed by atoms with E-state index in [0.29, 0.717) is 37.9 Å². The van der Waals surface area contributed by atoms with Gasteiger partial charge in [0.1, 0.15) is 12.1 Å². The minimum absolute atomic E-state index is 0.127. The van der Waals surface area contributed by atoms with Crippen molar-refractivity contribution < 1.29 is 24.3 Å². The van der Waals surface area contributed by atoms with Gasteiger partial charge in [0.2, 0.25) is 17.7 Å². The largest absolute Gasteiger partial charge is 0.480 e. The second-order valence-electron chi connectivity index (χ2n) is 8.30. The fraction of sp³-hybridized carbons (Fsp3) is 0.565. The van der Waals surface area contributed by atoms with Crippen LogP contribution in [-0.4, -0.2) is 53.5 Å². The van der Waals surface area contributed by atoms with Crippen LogP contribution >= 0.6 is 0 Å². The number of hydrogen-bond acceptors (Lipinski definition) is 5. The first-order valence-electron chi connectivity index (χ1n) is 11.0. The molecule has 9 heteroatoms. The van der Waals surface area contributed by atoms with Crippen LogP contribution in [0.1, 0.15) is 53.4 Å². The van der Waals surface area contributed by atoms with Crippen LogP contribution in [0.15, 0.2) is 30.3 Å². The lowest BCUT2D eigenvalue weighted by Crippen LogP contribution is -2.54. The van der Waals surface area contributed by atoms with E-state index in [4.69, 9.17) is 0 Å². The number of amides is 3. The lowest BCUT2D eigenvalue weighted by molar-refractivity contribution is -0.139. The van der Waals surface area contributed by atoms with Crippen molar-refractivity contribution in [2.75, 3.05) is 11.9 Å². The van der Waals surface area contributed by atoms with Crippen molar-refractivity contribution in [2.45, 2.75) is 71.5 Å². The van der Waals surface area contributed by atoms with Crippen molar-refractivity contribution in [3.63, 3.8) is 0 Å². The van der Waals surface area contributed by atoms with E-state index < -0.39 is 30.0 Å². The van der Waals surface area contributed by atoms with Crippen LogP contribution in [0.2, 0.25) is 0 Å². The second-order valence-corrected chi connectivity index (χ2v) is 8.30. The molecule has 0 radical (unpaired) electrons. The third-order valence-electron chi connectivity index (χ3n) is 4.81. The van der Waals surface area contributed by atoms with Crippen LogP contribution < -0.4 is 21.3 Å². The fourth-order valence-corrected chi connectivity index (χ4v) is 3.13. The molecule has 32 heavy (non-hydrogen) atoms. The topological polar surface area (TPSA) is 137 Å². The van der Waals surface area contributed by atoms with Crippen molar-refractivity contribution in [3.8, 4) is 0 Å². The molecule has 5 N–H and O–H groups in total. The molecular weight excluding hydrogens is 412 g/mol. The third kappa shape index (κ3) is 10.9. The van der Waals surface area contributed by atoms with Gasteiger partial charge in [0, 0.05) is 19.2 Å². The Hall–Kier alpha value is -2.94. The molecule has 0 fully saturated rings. The van der Waals surface area contributed by atoms with Crippen molar-refractivity contribution in [2.24, 2.45) is 5.92 Å². The number of carboxylic acid groups (broad SMARTS) is 1. The van der Waals surface area contributed by atoms with Crippen LogP contribution in [0.3, 0.4) is 0 Å². The molecule has 3 amide bonds. The van der Waals surface area contributed by atoms with Gasteiger partial charge in [0.05, 0.1) is 6.04 Å². The molecule has 1 aromatic rings. The Morgan fingerprint density at radius 1 is 0.938 bits per heavy atom. The Bertz CT molecular complexity index is 754. The molecule has 3 atom stereocenters. The van der Waals surface area contributed by atoms with Crippen molar-refractivity contribution in [3.05, 3.63) is 30.3 Å². The van der Waals surface area contributed by atoms with E-state index in [-0.39, 0.29) is 17.7 Å². The molecule has 0 heterocycles. The highest BCUT2D eigenvalue weighted by Crippen LogP contribution is 2.11. The van der Waals surface area contributed by atoms with E-state index in [2.05, 4.69) is 21.3 Å². The Kier molecular flexibility index (Phi) is 12.0. The van der Waals surface area contributed by atoms with Crippen molar-refractivity contribution >= 4 is 29.4 Å². The lowest BCUT2D eigenvalue weighted by atomic mass is 10.0. The average Bonchev–Trinajstić information content (AvgIpc) is 2.72. The van der Waals surface area contributed by atoms with Crippen LogP contribution in [0, 0.1) is 5.92 Å². The van der Waals surface area contributed by atoms with Crippen LogP contribution in [-0.2, 0) is 19.2 Å². The van der Waals surface area contributed by atoms with E-state index in [9.17, 15) is 24.3 Å². The van der Waals surface area contributed by atoms with Gasteiger partial charge in [-0.3, -0.25) is 24.5 Å². The average molecular weight is 449 g/mol. The summed E-state index contributed by atoms with van der Waals surface area (Å²) in [6.07, 6.45) is 2.06. The summed E-state index contributed by atoms with van der Waals surface area (Å²) in [7, 11) is 0. The molecule has 9 nitrogen and oxygen atoms in total. The summed E-state index contributed by atoms with van der Waals surface area (Å²) in [5.41, 5.74) is 0.632. The molecule has 1 aromatic carbocycles. The van der Waals surface area contributed by atoms with E-state index in [0.717, 1.165) is 0 Å². The monoisotopic (exact) mass is 448 g/mol. The Morgan fingerprint density at radius 3 is 2.16 bits per heavy atom. The van der Waals surface area contributed by atoms with Crippen molar-refractivity contribution in [1.29, 1.82) is 0 Å². The maximum atomic E-state index is 13.0. The summed E-state index contributed by atoms with van der Waals surface area (Å²) < 4.78 is 0. The Balaban J connectivity index is 2.83. The number of hydrogen-bond donors (Lipinski definition) is 5. The number of nitrogens with one attached hydrogen (secondary N) is 4. The number of anilines is 1. The minimum Gasteiger partial charge on any atom is -0.480 e. The summed E-state index contributed by atoms with van der Waals surface area (Å²) >= 11 is 0. The maximum absolute atomic E-state index is 13.0. The van der Waals surface area contributed by atoms with Crippen molar-refractivity contribution in [1.82, 2.24) is 16.0 Å². The number of carboxylic acids is 1. The Labute approximate surface area is 189 Å². The molecule has 0 saturated carbocycles. The van der Waals surface area contributed by atoms with E-state index >= 15 is 0 Å². The predicted octanol–water partition coefficient (Wildman–Crippen LogP) is 1.89. The van der Waals surface area contributed by atoms with Crippen LogP contribution in [0.4, 0.5) is 5.69 Å². The SMILES string of the molecule is CC(=O)NCCCC[C@H](N[C@H](C)C(=O)O)C(=O)N[C@@H](CC(C)C)C(=O)Nc1ccccc1. The zero-order valence-corrected chi connectivity index (χ0v) is 19.3. The van der Waals surface area contributed by atoms with E-state index in [1.807, 2.05) is 19.9 Å². The molecular formula is C23H36N4O5. The smallest absolute Gasteiger partial charge is 0.320 e. The van der Waals surface area contributed by atoms with Crippen LogP contribution in [0.5, 0.6) is 0 Å². The van der Waals surface area contributed by atoms with Gasteiger partial charge in [-0.15, -0.1) is 0 Å². The number of unbranched alkanes of at least 4 members (excludes halogenated alkanes) is 1. The third-order valence-corrected chi connectivity index (χ3v) is 4.81. The molecule has 0 aromatic heterocycles. The number of benzene rings is 1. The molecule has 0 bridgehead atoms. The molecule has 1 rings (SSSR count). The summed E-state index contributed by atoms with van der Waals surface area (Å²) in [5, 5.41) is 20.4. The molecule has 0 unspecified atom stereocenters. The number of rotatable bonds is 14. The second kappa shape index (κ2) is 14.2. The number of carbonyl (C=O) groups excluding carboxylic acids is 3. The highest BCUT2D eigenvalue weighted by atomic mass is 16.4. The minimum atomic E-state index is -1.07. The highest BCUT2D eigenvalue weighted by molar-refractivity contribution is 5.97. The standard InChI is InChI=1S/C23H36N4O5/c1-15(2)14-20(22(30)26-18-10-6-5-7-11-18)27-21(29)19(25-16(3)23(31)32)12-8-9-13-24-17(4)28/h5-7,10-11,15-16,19-20,25H,8-9,12-14H2,1-4H3,(H,24,28)(H,26,30)(H,27,29)(H,31,32)/t16-,19+,20+/m1/s1. The van der Waals surface area contributed by atoms with Gasteiger partial charge < -0.3 is 21.1 Å². The molecule has 0 aliphatic carbocycles. The van der Waals surface area contributed by atoms with Gasteiger partial charge in [0.25, 0.3) is 0 Å². The maximum Gasteiger partial charge on any atom is 0.320 e. The van der Waals surface area contributed by atoms with Gasteiger partial charge in [-0.2, -0.15) is 0 Å². The number of aliphatic carboxylic acids is 1. The van der Waals surface area contributed by atoms with Gasteiger partial charge in [0.15, 0.2) is 0 Å². The molecule has 0 aliphatic rings. The fourth-order valence-electron chi connectivity index (χ4n) is 3.13. The summed E-state index contributed by atoms with van der Waals surface area (Å²) in [6.45, 7) is 7.29. The van der Waals surface area contributed by atoms with Crippen LogP contribution in [0.25, 0.3) is 0 Å². The Morgan fingerprint density at radius 2 is 1.59 bits per heavy atom. The highest BCUT2D eigenvalue weighted by Gasteiger charge is 2.28. The van der Waals surface area contributed by atoms with Gasteiger partial charge in [-0.25, -0.2) is 0 Å². The lowest BCUT2D eigenvalue weighted by Gasteiger charge is -2.25. The zero-order chi connectivity index (χ0) is 24.1. The molecule has 0 saturated heterocycles. The summed E-state index contributed by atoms with van der Waals surface area (Å²) in [5.74, 6) is -1.79.